The number of ether oxygens (including phenoxy) is 1. The van der Waals surface area contributed by atoms with Crippen molar-refractivity contribution in [2.24, 2.45) is 0 Å². The van der Waals surface area contributed by atoms with Gasteiger partial charge in [-0.1, -0.05) is 81.2 Å². The molecule has 1 spiro atoms. The van der Waals surface area contributed by atoms with Crippen LogP contribution in [0, 0.1) is 0 Å². The maximum atomic E-state index is 9.88. The highest BCUT2D eigenvalue weighted by Crippen LogP contribution is 2.71. The molecule has 16 heavy (non-hydrogen) atoms. The third kappa shape index (κ3) is 1.49. The summed E-state index contributed by atoms with van der Waals surface area (Å²) < 4.78 is 1.14. The fraction of sp³-hybridized carbons (Fsp3) is 0.714. The van der Waals surface area contributed by atoms with Crippen molar-refractivity contribution in [2.45, 2.75) is 25.9 Å². The van der Waals surface area contributed by atoms with Crippen molar-refractivity contribution in [2.75, 3.05) is 0 Å². The van der Waals surface area contributed by atoms with Crippen molar-refractivity contribution in [3.8, 4) is 0 Å². The lowest BCUT2D eigenvalue weighted by molar-refractivity contribution is 0.153. The van der Waals surface area contributed by atoms with Gasteiger partial charge in [0, 0.05) is 5.57 Å². The van der Waals surface area contributed by atoms with Gasteiger partial charge in [0.15, 0.2) is 19.8 Å². The van der Waals surface area contributed by atoms with Crippen LogP contribution >= 0.6 is 81.2 Å². The summed E-state index contributed by atoms with van der Waals surface area (Å²) in [6.07, 6.45) is -1.54. The molecule has 92 valence electrons. The third-order valence-electron chi connectivity index (χ3n) is 2.63. The fourth-order valence-electron chi connectivity index (χ4n) is 1.78. The molecule has 1 N–H and O–H groups in total. The predicted octanol–water partition coefficient (Wildman–Crippen LogP) is 3.73. The van der Waals surface area contributed by atoms with Crippen LogP contribution in [0.3, 0.4) is 0 Å². The first-order valence-electron chi connectivity index (χ1n) is 3.92. The molecular weight excluding hydrogens is 364 g/mol. The fourth-order valence-corrected chi connectivity index (χ4v) is 4.91. The summed E-state index contributed by atoms with van der Waals surface area (Å²) in [6.45, 7) is 0. The zero-order valence-corrected chi connectivity index (χ0v) is 12.4. The van der Waals surface area contributed by atoms with E-state index in [-0.39, 0.29) is 10.1 Å². The van der Waals surface area contributed by atoms with Crippen molar-refractivity contribution in [1.82, 2.24) is 0 Å². The van der Waals surface area contributed by atoms with Crippen molar-refractivity contribution in [3.63, 3.8) is 0 Å². The number of aliphatic hydroxyl groups is 1. The Bertz CT molecular complexity index is 375. The molecule has 0 aromatic rings. The number of hydrogen-bond acceptors (Lipinski definition) is 2. The first kappa shape index (κ1) is 14.1. The van der Waals surface area contributed by atoms with Crippen LogP contribution in [0.1, 0.15) is 0 Å². The maximum absolute atomic E-state index is 9.88. The van der Waals surface area contributed by atoms with Gasteiger partial charge in [0.25, 0.3) is 0 Å². The Labute approximate surface area is 126 Å². The lowest BCUT2D eigenvalue weighted by atomic mass is 10.0. The highest BCUT2D eigenvalue weighted by Gasteiger charge is 2.83. The molecule has 2 rings (SSSR count). The van der Waals surface area contributed by atoms with Gasteiger partial charge in [0.1, 0.15) is 10.6 Å². The van der Waals surface area contributed by atoms with E-state index in [0.717, 1.165) is 0 Å². The first-order valence-corrected chi connectivity index (χ1v) is 6.62. The van der Waals surface area contributed by atoms with Crippen LogP contribution in [0.2, 0.25) is 0 Å². The maximum Gasteiger partial charge on any atom is 0.183 e. The largest absolute Gasteiger partial charge is 0.386 e. The number of aliphatic hydroxyl groups excluding tert-OH is 1. The van der Waals surface area contributed by atoms with E-state index in [2.05, 4.69) is 0 Å². The Kier molecular flexibility index (Phi) is 3.39. The molecule has 1 saturated heterocycles. The molecule has 9 heteroatoms. The van der Waals surface area contributed by atoms with Crippen molar-refractivity contribution < 1.29 is 9.84 Å². The molecule has 1 aliphatic carbocycles. The minimum Gasteiger partial charge on any atom is -0.386 e. The molecule has 2 fully saturated rings. The van der Waals surface area contributed by atoms with E-state index < -0.39 is 25.9 Å². The number of epoxide rings is 1. The van der Waals surface area contributed by atoms with Crippen molar-refractivity contribution in [3.05, 3.63) is 10.1 Å². The average Bonchev–Trinajstić information content (AvgIpc) is 2.73. The summed E-state index contributed by atoms with van der Waals surface area (Å²) >= 11 is 40.9. The molecule has 2 aliphatic rings. The lowest BCUT2D eigenvalue weighted by Gasteiger charge is -2.23. The SMILES string of the molecule is OC1C(Cl)(Cl)C(=C(Cl)Cl)C2(OC2Cl)C1(Cl)Cl. The van der Waals surface area contributed by atoms with Gasteiger partial charge < -0.3 is 9.84 Å². The Morgan fingerprint density at radius 2 is 1.62 bits per heavy atom. The molecule has 0 amide bonds. The van der Waals surface area contributed by atoms with E-state index >= 15 is 0 Å². The standard InChI is InChI=1S/C7H3Cl7O2/c8-2(9)1-5(4(10)16-5)7(13,14)3(15)6(1,11)12/h3-4,15H. The molecule has 0 radical (unpaired) electrons. The number of alkyl halides is 5. The first-order chi connectivity index (χ1) is 7.10. The summed E-state index contributed by atoms with van der Waals surface area (Å²) in [6, 6.07) is 0. The van der Waals surface area contributed by atoms with Gasteiger partial charge in [0.2, 0.25) is 0 Å². The van der Waals surface area contributed by atoms with E-state index in [1.54, 1.807) is 0 Å². The zero-order chi connectivity index (χ0) is 12.5. The summed E-state index contributed by atoms with van der Waals surface area (Å²) in [5, 5.41) is 9.88. The van der Waals surface area contributed by atoms with Crippen LogP contribution in [0.4, 0.5) is 0 Å². The second-order valence-electron chi connectivity index (χ2n) is 3.45. The van der Waals surface area contributed by atoms with E-state index in [1.165, 1.54) is 0 Å². The van der Waals surface area contributed by atoms with Crippen LogP contribution in [-0.2, 0) is 4.74 Å². The molecule has 1 heterocycles. The van der Waals surface area contributed by atoms with E-state index in [4.69, 9.17) is 85.9 Å². The van der Waals surface area contributed by atoms with Crippen LogP contribution in [-0.4, -0.2) is 31.0 Å². The monoisotopic (exact) mass is 364 g/mol. The van der Waals surface area contributed by atoms with E-state index in [9.17, 15) is 5.11 Å². The quantitative estimate of drug-likeness (QED) is 0.523. The second-order valence-corrected chi connectivity index (χ2v) is 7.57. The van der Waals surface area contributed by atoms with Gasteiger partial charge in [0.05, 0.1) is 0 Å². The van der Waals surface area contributed by atoms with Gasteiger partial charge in [-0.2, -0.15) is 0 Å². The molecule has 1 aliphatic heterocycles. The zero-order valence-electron chi connectivity index (χ0n) is 7.16. The molecular formula is C7H3Cl7O2. The van der Waals surface area contributed by atoms with Crippen molar-refractivity contribution >= 4 is 81.2 Å². The topological polar surface area (TPSA) is 32.8 Å². The minimum absolute atomic E-state index is 0.0239. The summed E-state index contributed by atoms with van der Waals surface area (Å²) in [4.78, 5) is 0. The van der Waals surface area contributed by atoms with Gasteiger partial charge in [-0.3, -0.25) is 0 Å². The van der Waals surface area contributed by atoms with E-state index in [0.29, 0.717) is 0 Å². The normalized spacial score (nSPS) is 43.9. The smallest absolute Gasteiger partial charge is 0.183 e. The molecule has 0 bridgehead atoms. The van der Waals surface area contributed by atoms with Gasteiger partial charge in [-0.25, -0.2) is 0 Å². The van der Waals surface area contributed by atoms with E-state index in [1.807, 2.05) is 0 Å². The summed E-state index contributed by atoms with van der Waals surface area (Å²) in [7, 11) is 0. The highest BCUT2D eigenvalue weighted by molar-refractivity contribution is 6.62. The molecule has 0 aromatic carbocycles. The van der Waals surface area contributed by atoms with Crippen LogP contribution in [0.15, 0.2) is 10.1 Å². The Balaban J connectivity index is 2.66. The Morgan fingerprint density at radius 1 is 1.19 bits per heavy atom. The Morgan fingerprint density at radius 3 is 1.88 bits per heavy atom. The summed E-state index contributed by atoms with van der Waals surface area (Å²) in [5.74, 6) is 0. The lowest BCUT2D eigenvalue weighted by Crippen LogP contribution is -2.41. The van der Waals surface area contributed by atoms with Gasteiger partial charge >= 0.3 is 0 Å². The molecule has 3 atom stereocenters. The predicted molar refractivity (Wildman–Crippen MR) is 67.1 cm³/mol. The Hall–Kier alpha value is 1.69. The molecule has 0 aromatic heterocycles. The van der Waals surface area contributed by atoms with Crippen molar-refractivity contribution in [1.29, 1.82) is 0 Å². The van der Waals surface area contributed by atoms with Crippen LogP contribution in [0.25, 0.3) is 0 Å². The van der Waals surface area contributed by atoms with Crippen LogP contribution in [0.5, 0.6) is 0 Å². The second kappa shape index (κ2) is 3.84. The third-order valence-corrected chi connectivity index (χ3v) is 5.17. The van der Waals surface area contributed by atoms with Gasteiger partial charge in [-0.15, -0.1) is 0 Å². The average molecular weight is 367 g/mol. The molecule has 1 saturated carbocycles. The highest BCUT2D eigenvalue weighted by atomic mass is 35.5. The molecule has 3 unspecified atom stereocenters. The number of hydrogen-bond donors (Lipinski definition) is 1. The minimum atomic E-state index is -1.86. The molecule has 2 nitrogen and oxygen atoms in total. The van der Waals surface area contributed by atoms with Crippen LogP contribution < -0.4 is 0 Å². The number of rotatable bonds is 0. The number of halogens is 7. The van der Waals surface area contributed by atoms with Gasteiger partial charge in [-0.05, 0) is 0 Å². The summed E-state index contributed by atoms with van der Waals surface area (Å²) in [5.41, 5.74) is -2.39.